The molecule has 74 heavy (non-hydrogen) atoms. The van der Waals surface area contributed by atoms with Gasteiger partial charge in [0.05, 0.1) is 56.5 Å². The number of phenolic OH excluding ortho intramolecular Hbond substituents is 1. The molecule has 0 bridgehead atoms. The minimum atomic E-state index is -1.20. The molecular formula is C49H54ClN7O17. The van der Waals surface area contributed by atoms with E-state index < -0.39 is 48.4 Å². The summed E-state index contributed by atoms with van der Waals surface area (Å²) in [7, 11) is 0. The summed E-state index contributed by atoms with van der Waals surface area (Å²) in [5, 5.41) is 69.2. The topological polar surface area (TPSA) is 482 Å². The Morgan fingerprint density at radius 2 is 0.905 bits per heavy atom. The van der Waals surface area contributed by atoms with Crippen molar-refractivity contribution >= 4 is 93.2 Å². The maximum Gasteiger partial charge on any atom is 0.341 e. The quantitative estimate of drug-likeness (QED) is 0.0325. The summed E-state index contributed by atoms with van der Waals surface area (Å²) in [6.07, 6.45) is 1.95. The third-order valence-corrected chi connectivity index (χ3v) is 9.28. The molecule has 0 aromatic heterocycles. The van der Waals surface area contributed by atoms with E-state index in [2.05, 4.69) is 6.92 Å². The van der Waals surface area contributed by atoms with Gasteiger partial charge in [0, 0.05) is 28.8 Å². The fourth-order valence-corrected chi connectivity index (χ4v) is 5.20. The van der Waals surface area contributed by atoms with E-state index in [9.17, 15) is 33.6 Å². The predicted molar refractivity (Wildman–Crippen MR) is 276 cm³/mol. The second-order valence-electron chi connectivity index (χ2n) is 14.7. The van der Waals surface area contributed by atoms with E-state index in [-0.39, 0.29) is 61.3 Å². The average molecular weight is 1050 g/mol. The Balaban J connectivity index is 0.000000447. The van der Waals surface area contributed by atoms with Gasteiger partial charge < -0.3 is 90.5 Å². The minimum absolute atomic E-state index is 0.0247. The summed E-state index contributed by atoms with van der Waals surface area (Å²) < 4.78 is 10.2. The number of carboxylic acid groups (broad SMARTS) is 7. The van der Waals surface area contributed by atoms with Crippen molar-refractivity contribution in [2.45, 2.75) is 26.7 Å². The Labute approximate surface area is 426 Å². The van der Waals surface area contributed by atoms with Crippen LogP contribution in [-0.4, -0.2) is 95.9 Å². The van der Waals surface area contributed by atoms with Crippen molar-refractivity contribution < 1.29 is 83.9 Å². The van der Waals surface area contributed by atoms with Gasteiger partial charge in [0.25, 0.3) is 0 Å². The molecule has 0 unspecified atom stereocenters. The van der Waals surface area contributed by atoms with Crippen molar-refractivity contribution in [3.05, 3.63) is 153 Å². The van der Waals surface area contributed by atoms with Crippen molar-refractivity contribution in [3.8, 4) is 17.2 Å². The number of carbonyl (C=O) groups is 7. The monoisotopic (exact) mass is 1050 g/mol. The zero-order chi connectivity index (χ0) is 56.4. The van der Waals surface area contributed by atoms with E-state index in [1.807, 2.05) is 0 Å². The highest BCUT2D eigenvalue weighted by Gasteiger charge is 2.13. The summed E-state index contributed by atoms with van der Waals surface area (Å²) in [5.41, 5.74) is 41.9. The molecule has 0 spiro atoms. The van der Waals surface area contributed by atoms with Gasteiger partial charge in [-0.05, 0) is 122 Å². The molecule has 0 aliphatic heterocycles. The largest absolute Gasteiger partial charge is 0.506 e. The molecule has 6 aromatic rings. The van der Waals surface area contributed by atoms with Crippen LogP contribution < -0.4 is 49.6 Å². The molecule has 0 atom stereocenters. The molecule has 6 rings (SSSR count). The number of carboxylic acids is 7. The summed E-state index contributed by atoms with van der Waals surface area (Å²) in [4.78, 5) is 73.2. The predicted octanol–water partition coefficient (Wildman–Crippen LogP) is 6.69. The van der Waals surface area contributed by atoms with E-state index in [0.29, 0.717) is 40.8 Å². The Bertz CT molecular complexity index is 2810. The fourth-order valence-electron chi connectivity index (χ4n) is 5.01. The Hall–Kier alpha value is -10.1. The molecule has 0 fully saturated rings. The molecule has 0 radical (unpaired) electrons. The van der Waals surface area contributed by atoms with Gasteiger partial charge in [0.15, 0.2) is 6.61 Å². The number of hydrogen-bond acceptors (Lipinski definition) is 17. The van der Waals surface area contributed by atoms with Gasteiger partial charge in [-0.1, -0.05) is 24.9 Å². The second kappa shape index (κ2) is 30.5. The standard InChI is InChI=1S/C11H15NO3.C9H9NO5.C8H9NO2.C7H6ClNO2.C7H8N2O2.C7H7NO3/c1-2-3-6-15-10-7-8(11(13)14)4-5-9(10)12;10-5-1-2-6(9(13)14)7(3-5)15-4-8(11)12;1-5-4-6(8(10)11)2-3-7(5)9;8-5-3-4(7(10)11)1-2-6(5)9;8-4-1-2-5(7(10)11)6(9)3-4;8-5-2-1-4(7(10)11)3-6(5)9/h4-5,7H,2-3,6,12H2,1H3,(H,13,14);1-3H,4,10H2,(H,11,12)(H,13,14);2-4H,9H2,1H3,(H,10,11);1-3H,9H2,(H,10,11);1-3H,8-9H2,(H,10,11);1-3,9H,8H2,(H,10,11). The second-order valence-corrected chi connectivity index (χ2v) is 15.1. The number of nitrogens with two attached hydrogens (primary N) is 7. The number of rotatable bonds is 13. The first kappa shape index (κ1) is 61.9. The lowest BCUT2D eigenvalue weighted by molar-refractivity contribution is -0.139. The van der Waals surface area contributed by atoms with Crippen LogP contribution in [0.1, 0.15) is 87.5 Å². The number of aliphatic carboxylic acids is 1. The zero-order valence-electron chi connectivity index (χ0n) is 39.4. The zero-order valence-corrected chi connectivity index (χ0v) is 40.1. The molecule has 0 saturated heterocycles. The van der Waals surface area contributed by atoms with Crippen molar-refractivity contribution in [3.63, 3.8) is 0 Å². The van der Waals surface area contributed by atoms with Gasteiger partial charge in [-0.2, -0.15) is 0 Å². The van der Waals surface area contributed by atoms with E-state index in [1.54, 1.807) is 25.1 Å². The van der Waals surface area contributed by atoms with Crippen molar-refractivity contribution in [2.75, 3.05) is 53.3 Å². The number of benzene rings is 6. The highest BCUT2D eigenvalue weighted by Crippen LogP contribution is 2.25. The van der Waals surface area contributed by atoms with E-state index in [4.69, 9.17) is 102 Å². The van der Waals surface area contributed by atoms with Crippen LogP contribution >= 0.6 is 11.6 Å². The van der Waals surface area contributed by atoms with E-state index in [0.717, 1.165) is 24.5 Å². The van der Waals surface area contributed by atoms with Gasteiger partial charge in [0.2, 0.25) is 0 Å². The van der Waals surface area contributed by atoms with Gasteiger partial charge >= 0.3 is 41.8 Å². The normalized spacial score (nSPS) is 9.61. The van der Waals surface area contributed by atoms with Gasteiger partial charge in [-0.25, -0.2) is 33.6 Å². The van der Waals surface area contributed by atoms with Gasteiger partial charge in [-0.3, -0.25) is 0 Å². The average Bonchev–Trinajstić information content (AvgIpc) is 3.32. The summed E-state index contributed by atoms with van der Waals surface area (Å²) in [6.45, 7) is 3.79. The smallest absolute Gasteiger partial charge is 0.341 e. The molecule has 0 aliphatic carbocycles. The van der Waals surface area contributed by atoms with E-state index in [1.165, 1.54) is 84.9 Å². The number of phenols is 1. The summed E-state index contributed by atoms with van der Waals surface area (Å²) in [6, 6.07) is 25.3. The maximum atomic E-state index is 10.7. The molecule has 0 saturated carbocycles. The van der Waals surface area contributed by atoms with Crippen LogP contribution in [-0.2, 0) is 4.79 Å². The van der Waals surface area contributed by atoms with Crippen LogP contribution in [0.4, 0.5) is 39.8 Å². The summed E-state index contributed by atoms with van der Waals surface area (Å²) in [5.74, 6) is -7.22. The molecular weight excluding hydrogens is 994 g/mol. The number of anilines is 7. The highest BCUT2D eigenvalue weighted by molar-refractivity contribution is 6.33. The third kappa shape index (κ3) is 22.1. The van der Waals surface area contributed by atoms with Crippen molar-refractivity contribution in [2.24, 2.45) is 0 Å². The lowest BCUT2D eigenvalue weighted by Gasteiger charge is -2.08. The minimum Gasteiger partial charge on any atom is -0.506 e. The lowest BCUT2D eigenvalue weighted by atomic mass is 10.1. The number of halogens is 1. The van der Waals surface area contributed by atoms with Crippen molar-refractivity contribution in [1.82, 2.24) is 0 Å². The molecule has 6 aromatic carbocycles. The molecule has 0 heterocycles. The summed E-state index contributed by atoms with van der Waals surface area (Å²) >= 11 is 5.57. The molecule has 0 amide bonds. The number of aromatic hydroxyl groups is 1. The number of hydrogen-bond donors (Lipinski definition) is 15. The van der Waals surface area contributed by atoms with Crippen LogP contribution in [0.5, 0.6) is 17.2 Å². The van der Waals surface area contributed by atoms with Crippen LogP contribution in [0.2, 0.25) is 5.02 Å². The van der Waals surface area contributed by atoms with Gasteiger partial charge in [-0.15, -0.1) is 0 Å². The molecule has 22 N–H and O–H groups in total. The third-order valence-electron chi connectivity index (χ3n) is 8.95. The van der Waals surface area contributed by atoms with Crippen molar-refractivity contribution in [1.29, 1.82) is 0 Å². The van der Waals surface area contributed by atoms with Crippen LogP contribution in [0.3, 0.4) is 0 Å². The number of aromatic carboxylic acids is 6. The fraction of sp³-hybridized carbons (Fsp3) is 0.122. The highest BCUT2D eigenvalue weighted by atomic mass is 35.5. The Kier molecular flexibility index (Phi) is 25.5. The Morgan fingerprint density at radius 1 is 0.459 bits per heavy atom. The maximum absolute atomic E-state index is 10.7. The molecule has 25 heteroatoms. The first-order chi connectivity index (χ1) is 34.6. The molecule has 394 valence electrons. The van der Waals surface area contributed by atoms with Crippen LogP contribution in [0.15, 0.2) is 109 Å². The number of aryl methyl sites for hydroxylation is 1. The van der Waals surface area contributed by atoms with E-state index >= 15 is 0 Å². The SMILES string of the molecule is CCCCOc1cc(C(=O)O)ccc1N.Cc1cc(C(=O)O)ccc1N.Nc1ccc(C(=O)O)c(N)c1.Nc1ccc(C(=O)O)c(OCC(=O)O)c1.Nc1ccc(C(=O)O)cc1Cl.Nc1ccc(C(=O)O)cc1O. The lowest BCUT2D eigenvalue weighted by Crippen LogP contribution is -2.12. The van der Waals surface area contributed by atoms with Crippen LogP contribution in [0, 0.1) is 6.92 Å². The van der Waals surface area contributed by atoms with Gasteiger partial charge in [0.1, 0.15) is 22.8 Å². The number of unbranched alkanes of at least 4 members (excludes halogenated alkanes) is 1. The number of ether oxygens (including phenoxy) is 2. The first-order valence-corrected chi connectivity index (χ1v) is 21.3. The van der Waals surface area contributed by atoms with Crippen LogP contribution in [0.25, 0.3) is 0 Å². The Morgan fingerprint density at radius 3 is 1.35 bits per heavy atom. The first-order valence-electron chi connectivity index (χ1n) is 20.9. The molecule has 24 nitrogen and oxygen atoms in total. The number of nitrogen functional groups attached to an aromatic ring is 7. The molecule has 0 aliphatic rings.